The number of fused-ring (bicyclic) bond motifs is 6. The van der Waals surface area contributed by atoms with Gasteiger partial charge in [0.05, 0.1) is 23.4 Å². The Bertz CT molecular complexity index is 1340. The van der Waals surface area contributed by atoms with Crippen molar-refractivity contribution in [1.29, 1.82) is 0 Å². The van der Waals surface area contributed by atoms with Gasteiger partial charge in [-0.3, -0.25) is 4.98 Å². The number of nitrogens with zero attached hydrogens (tertiary/aromatic N) is 2. The summed E-state index contributed by atoms with van der Waals surface area (Å²) < 4.78 is 0. The first kappa shape index (κ1) is 24.9. The molecule has 0 saturated heterocycles. The van der Waals surface area contributed by atoms with Crippen molar-refractivity contribution in [2.75, 3.05) is 0 Å². The van der Waals surface area contributed by atoms with E-state index in [4.69, 9.17) is 20.2 Å². The van der Waals surface area contributed by atoms with Crippen LogP contribution in [0.15, 0.2) is 72.9 Å². The average Bonchev–Trinajstić information content (AvgIpc) is 2.78. The molecule has 4 nitrogen and oxygen atoms in total. The maximum atomic E-state index is 8.56. The zero-order chi connectivity index (χ0) is 22.7. The Kier molecular flexibility index (Phi) is 8.28. The predicted octanol–water partition coefficient (Wildman–Crippen LogP) is 5.85. The summed E-state index contributed by atoms with van der Waals surface area (Å²) in [5.41, 5.74) is 5.05. The Morgan fingerprint density at radius 2 is 1.55 bits per heavy atom. The molecule has 2 unspecified atom stereocenters. The van der Waals surface area contributed by atoms with Gasteiger partial charge in [-0.05, 0) is 38.6 Å². The van der Waals surface area contributed by atoms with E-state index < -0.39 is 0 Å². The molecule has 5 heteroatoms. The molecule has 0 amide bonds. The molecule has 171 valence electrons. The van der Waals surface area contributed by atoms with Crippen LogP contribution in [0.5, 0.6) is 0 Å². The Balaban J connectivity index is 0.000000337. The second-order valence-electron chi connectivity index (χ2n) is 8.26. The van der Waals surface area contributed by atoms with Gasteiger partial charge in [0.25, 0.3) is 0 Å². The van der Waals surface area contributed by atoms with Crippen LogP contribution in [0.4, 0.5) is 0 Å². The number of hydrogen-bond acceptors (Lipinski definition) is 4. The molecule has 1 aromatic heterocycles. The van der Waals surface area contributed by atoms with Crippen LogP contribution >= 0.6 is 0 Å². The van der Waals surface area contributed by atoms with E-state index >= 15 is 0 Å². The van der Waals surface area contributed by atoms with Crippen LogP contribution in [-0.4, -0.2) is 32.4 Å². The van der Waals surface area contributed by atoms with Gasteiger partial charge in [-0.2, -0.15) is 0 Å². The van der Waals surface area contributed by atoms with Crippen LogP contribution in [0.3, 0.4) is 0 Å². The van der Waals surface area contributed by atoms with Crippen molar-refractivity contribution in [3.8, 4) is 11.3 Å². The molecule has 0 aliphatic heterocycles. The molecular formula is C28H27IrN2O2-. The largest absolute Gasteiger partial charge is 0.393 e. The third kappa shape index (κ3) is 5.63. The third-order valence-corrected chi connectivity index (χ3v) is 5.33. The minimum atomic E-state index is -0.375. The number of rotatable bonds is 3. The first-order valence-electron chi connectivity index (χ1n) is 10.8. The summed E-state index contributed by atoms with van der Waals surface area (Å²) in [5, 5.41) is 21.6. The molecule has 5 aromatic rings. The second kappa shape index (κ2) is 11.0. The maximum Gasteiger partial charge on any atom is 0.0873 e. The van der Waals surface area contributed by atoms with E-state index in [0.717, 1.165) is 33.1 Å². The van der Waals surface area contributed by atoms with Gasteiger partial charge in [0.1, 0.15) is 0 Å². The number of hydrogen-bond donors (Lipinski definition) is 2. The molecule has 0 aliphatic rings. The Hall–Kier alpha value is -2.69. The minimum Gasteiger partial charge on any atom is -0.393 e. The molecule has 5 rings (SSSR count). The molecule has 1 heterocycles. The third-order valence-electron chi connectivity index (χ3n) is 5.33. The zero-order valence-electron chi connectivity index (χ0n) is 18.9. The molecule has 33 heavy (non-hydrogen) atoms. The van der Waals surface area contributed by atoms with Crippen molar-refractivity contribution < 1.29 is 30.3 Å². The van der Waals surface area contributed by atoms with Crippen molar-refractivity contribution in [3.05, 3.63) is 84.6 Å². The van der Waals surface area contributed by atoms with Gasteiger partial charge < -0.3 is 15.2 Å². The van der Waals surface area contributed by atoms with Crippen LogP contribution in [0.2, 0.25) is 0 Å². The van der Waals surface area contributed by atoms with Crippen LogP contribution < -0.4 is 0 Å². The second-order valence-corrected chi connectivity index (χ2v) is 8.26. The fourth-order valence-corrected chi connectivity index (χ4v) is 3.98. The van der Waals surface area contributed by atoms with E-state index in [9.17, 15) is 0 Å². The number of aliphatic hydroxyl groups excluding tert-OH is 2. The summed E-state index contributed by atoms with van der Waals surface area (Å²) in [6.07, 6.45) is 1.59. The molecular weight excluding hydrogens is 589 g/mol. The van der Waals surface area contributed by atoms with Gasteiger partial charge in [0.15, 0.2) is 0 Å². The summed E-state index contributed by atoms with van der Waals surface area (Å²) in [5.74, 6) is 0. The van der Waals surface area contributed by atoms with Gasteiger partial charge in [-0.25, -0.2) is 0 Å². The zero-order valence-corrected chi connectivity index (χ0v) is 21.3. The average molecular weight is 616 g/mol. The molecule has 0 aliphatic carbocycles. The van der Waals surface area contributed by atoms with Crippen LogP contribution in [0, 0.1) is 13.0 Å². The fourth-order valence-electron chi connectivity index (χ4n) is 3.98. The summed E-state index contributed by atoms with van der Waals surface area (Å²) in [6, 6.07) is 26.2. The number of benzene rings is 4. The van der Waals surface area contributed by atoms with E-state index in [0.29, 0.717) is 6.42 Å². The van der Waals surface area contributed by atoms with Crippen molar-refractivity contribution in [3.63, 3.8) is 0 Å². The van der Waals surface area contributed by atoms with E-state index in [1.165, 1.54) is 16.3 Å². The minimum absolute atomic E-state index is 0. The Morgan fingerprint density at radius 3 is 2.21 bits per heavy atom. The summed E-state index contributed by atoms with van der Waals surface area (Å²) >= 11 is 0. The predicted molar refractivity (Wildman–Crippen MR) is 132 cm³/mol. The van der Waals surface area contributed by atoms with Crippen molar-refractivity contribution in [2.24, 2.45) is 0 Å². The maximum absolute atomic E-state index is 8.56. The van der Waals surface area contributed by atoms with Gasteiger partial charge in [-0.15, -0.1) is 29.7 Å². The summed E-state index contributed by atoms with van der Waals surface area (Å²) in [7, 11) is 0. The molecule has 4 aromatic carbocycles. The van der Waals surface area contributed by atoms with E-state index in [1.54, 1.807) is 13.8 Å². The van der Waals surface area contributed by atoms with Crippen molar-refractivity contribution in [1.82, 2.24) is 9.97 Å². The molecule has 2 atom stereocenters. The Morgan fingerprint density at radius 1 is 0.848 bits per heavy atom. The number of aryl methyl sites for hydroxylation is 1. The summed E-state index contributed by atoms with van der Waals surface area (Å²) in [6.45, 7) is 5.41. The van der Waals surface area contributed by atoms with Gasteiger partial charge in [0, 0.05) is 37.4 Å². The normalized spacial score (nSPS) is 12.6. The molecule has 1 radical (unpaired) electrons. The first-order chi connectivity index (χ1) is 15.4. The van der Waals surface area contributed by atoms with Gasteiger partial charge in [0.2, 0.25) is 0 Å². The van der Waals surface area contributed by atoms with E-state index in [-0.39, 0.29) is 32.3 Å². The van der Waals surface area contributed by atoms with Crippen LogP contribution in [0.25, 0.3) is 43.8 Å². The molecule has 0 spiro atoms. The standard InChI is InChI=1S/C23H15N2.C5H12O2.Ir/c1-15-7-6-8-16(13-15)21-14-24-22-19-11-4-2-9-17(19)18-10-3-5-12-20(18)23(22)25-21;1-4(6)3-5(2)7;/h2-10,12-14H,1H3;4-7H,3H2,1-2H3;/q-1;;. The van der Waals surface area contributed by atoms with Gasteiger partial charge >= 0.3 is 0 Å². The van der Waals surface area contributed by atoms with Crippen molar-refractivity contribution >= 4 is 32.6 Å². The van der Waals surface area contributed by atoms with Crippen LogP contribution in [0.1, 0.15) is 25.8 Å². The summed E-state index contributed by atoms with van der Waals surface area (Å²) in [4.78, 5) is 9.75. The first-order valence-corrected chi connectivity index (χ1v) is 10.8. The smallest absolute Gasteiger partial charge is 0.0873 e. The monoisotopic (exact) mass is 616 g/mol. The van der Waals surface area contributed by atoms with Gasteiger partial charge in [-0.1, -0.05) is 58.8 Å². The number of aromatic nitrogens is 2. The quantitative estimate of drug-likeness (QED) is 0.198. The van der Waals surface area contributed by atoms with E-state index in [2.05, 4.69) is 67.6 Å². The molecule has 0 bridgehead atoms. The Labute approximate surface area is 207 Å². The van der Waals surface area contributed by atoms with E-state index in [1.807, 2.05) is 18.3 Å². The SMILES string of the molecule is CC(O)CC(C)O.Cc1cccc(-c2cnc3c4[c-]cccc4c4ccccc4c3n2)c1.[Ir]. The molecule has 2 N–H and O–H groups in total. The molecule has 0 saturated carbocycles. The van der Waals surface area contributed by atoms with Crippen molar-refractivity contribution in [2.45, 2.75) is 39.4 Å². The molecule has 0 fully saturated rings. The number of aliphatic hydroxyl groups is 2. The fraction of sp³-hybridized carbons (Fsp3) is 0.214. The van der Waals surface area contributed by atoms with Crippen LogP contribution in [-0.2, 0) is 20.1 Å². The topological polar surface area (TPSA) is 66.2 Å².